The van der Waals surface area contributed by atoms with Crippen LogP contribution in [-0.4, -0.2) is 88.6 Å². The first-order chi connectivity index (χ1) is 32.1. The molecule has 2 aromatic heterocycles. The highest BCUT2D eigenvalue weighted by Crippen LogP contribution is 2.52. The first-order valence-electron chi connectivity index (χ1n) is 20.2. The van der Waals surface area contributed by atoms with E-state index >= 15 is 0 Å². The van der Waals surface area contributed by atoms with Crippen molar-refractivity contribution >= 4 is 80.6 Å². The number of benzene rings is 3. The number of thioether (sulfide) groups is 1. The zero-order valence-electron chi connectivity index (χ0n) is 35.3. The van der Waals surface area contributed by atoms with Crippen molar-refractivity contribution in [3.8, 4) is 0 Å². The lowest BCUT2D eigenvalue weighted by atomic mass is 9.77. The summed E-state index contributed by atoms with van der Waals surface area (Å²) < 4.78 is 17.9. The number of thiazole rings is 1. The van der Waals surface area contributed by atoms with Crippen LogP contribution in [-0.2, 0) is 43.6 Å². The van der Waals surface area contributed by atoms with Crippen LogP contribution in [0.25, 0.3) is 10.4 Å². The van der Waals surface area contributed by atoms with Crippen LogP contribution < -0.4 is 10.6 Å². The van der Waals surface area contributed by atoms with Gasteiger partial charge in [-0.2, -0.15) is 0 Å². The molecule has 4 atom stereocenters. The number of nitro benzene ring substituents is 3. The molecule has 3 N–H and O–H groups in total. The van der Waals surface area contributed by atoms with Crippen molar-refractivity contribution in [2.24, 2.45) is 16.8 Å². The Morgan fingerprint density at radius 1 is 0.836 bits per heavy atom. The van der Waals surface area contributed by atoms with Gasteiger partial charge < -0.3 is 24.2 Å². The average Bonchev–Trinajstić information content (AvgIpc) is 3.96. The molecular weight excluding hydrogens is 919 g/mol. The Balaban J connectivity index is 1.01. The lowest BCUT2D eigenvalue weighted by molar-refractivity contribution is -0.385. The van der Waals surface area contributed by atoms with E-state index in [9.17, 15) is 54.6 Å². The van der Waals surface area contributed by atoms with Gasteiger partial charge in [0, 0.05) is 66.4 Å². The molecule has 0 saturated carbocycles. The van der Waals surface area contributed by atoms with Gasteiger partial charge in [-0.1, -0.05) is 6.92 Å². The summed E-state index contributed by atoms with van der Waals surface area (Å²) in [5, 5.41) is 48.9. The number of rotatable bonds is 17. The van der Waals surface area contributed by atoms with Crippen molar-refractivity contribution in [3.63, 3.8) is 0 Å². The molecule has 348 valence electrons. The number of carbonyl (C=O) groups is 4. The Morgan fingerprint density at radius 3 is 1.81 bits per heavy atom. The van der Waals surface area contributed by atoms with E-state index in [2.05, 4.69) is 20.6 Å². The number of nitrogens with one attached hydrogen (secondary N) is 2. The number of guanidine groups is 1. The quantitative estimate of drug-likeness (QED) is 0.0109. The third-order valence-electron chi connectivity index (χ3n) is 10.6. The van der Waals surface area contributed by atoms with Gasteiger partial charge in [-0.05, 0) is 66.4 Å². The summed E-state index contributed by atoms with van der Waals surface area (Å²) in [6.07, 6.45) is 0.862. The number of amides is 3. The molecule has 0 radical (unpaired) electrons. The number of aliphatic imine (C=N–C) groups is 1. The Hall–Kier alpha value is -7.77. The van der Waals surface area contributed by atoms with Gasteiger partial charge in [-0.15, -0.1) is 23.1 Å². The second-order valence-electron chi connectivity index (χ2n) is 15.1. The Kier molecular flexibility index (Phi) is 14.5. The molecule has 4 heterocycles. The standard InChI is InChI=1S/C42H39N9O14S2/c1-23-32(35(48-34(23)33(24(2)52)37(48)53)39(54)63-19-25-4-10-28(11-5-25)49(57)58)31-18-47-22-44-36(38(47)67-31)66-17-3-16-43-40(45-41(55)64-20-26-6-12-29(13-7-26)50(59)60)46-42(56)65-21-27-8-14-30(15-9-27)51(61)62/h4-15,18,22-24,33-34,52H,3,16-17,19-21H2,1-2H3,(H2,43,45,46,55,56)/t23-,24+,33+,34+/m0/s1. The summed E-state index contributed by atoms with van der Waals surface area (Å²) in [5.74, 6) is -2.09. The number of alkyl carbamates (subject to hydrolysis) is 2. The number of fused-ring (bicyclic) bond motifs is 2. The molecule has 3 amide bonds. The van der Waals surface area contributed by atoms with Gasteiger partial charge >= 0.3 is 18.2 Å². The molecule has 2 aliphatic heterocycles. The van der Waals surface area contributed by atoms with Crippen LogP contribution in [0.3, 0.4) is 0 Å². The van der Waals surface area contributed by atoms with Crippen LogP contribution in [0.15, 0.2) is 101 Å². The van der Waals surface area contributed by atoms with Crippen LogP contribution in [0.2, 0.25) is 0 Å². The molecule has 3 aromatic carbocycles. The molecule has 23 nitrogen and oxygen atoms in total. The second-order valence-corrected chi connectivity index (χ2v) is 17.2. The number of aliphatic hydroxyl groups excluding tert-OH is 1. The van der Waals surface area contributed by atoms with Gasteiger partial charge in [0.15, 0.2) is 0 Å². The van der Waals surface area contributed by atoms with Crippen LogP contribution >= 0.6 is 23.1 Å². The van der Waals surface area contributed by atoms with Crippen molar-refractivity contribution in [1.82, 2.24) is 24.9 Å². The number of imidazole rings is 1. The SMILES string of the molecule is C[C@@H](O)[C@H]1C(=O)N2C(C(=O)OCc3ccc([N+](=O)[O-])cc3)=C(c3cn4cnc(SCCCN=C(NC(=O)OCc5ccc([N+](=O)[O-])cc5)NC(=O)OCc5ccc([N+](=O)[O-])cc5)c4s3)[C@H](C)[C@H]12. The molecule has 0 unspecified atom stereocenters. The van der Waals surface area contributed by atoms with E-state index < -0.39 is 56.9 Å². The Bertz CT molecular complexity index is 2710. The summed E-state index contributed by atoms with van der Waals surface area (Å²) in [4.78, 5) is 95.7. The minimum absolute atomic E-state index is 0.0642. The van der Waals surface area contributed by atoms with Crippen LogP contribution in [0.5, 0.6) is 0 Å². The number of esters is 1. The molecule has 2 aliphatic rings. The summed E-state index contributed by atoms with van der Waals surface area (Å²) in [5.41, 5.74) is 1.65. The Morgan fingerprint density at radius 2 is 1.33 bits per heavy atom. The zero-order chi connectivity index (χ0) is 47.9. The number of hydrogen-bond donors (Lipinski definition) is 3. The van der Waals surface area contributed by atoms with E-state index in [0.29, 0.717) is 44.3 Å². The number of β-lactam (4-membered cyclic amide) rings is 1. The summed E-state index contributed by atoms with van der Waals surface area (Å²) >= 11 is 2.74. The van der Waals surface area contributed by atoms with E-state index in [4.69, 9.17) is 14.2 Å². The van der Waals surface area contributed by atoms with E-state index in [1.54, 1.807) is 16.9 Å². The van der Waals surface area contributed by atoms with Crippen molar-refractivity contribution in [1.29, 1.82) is 0 Å². The number of carbonyl (C=O) groups excluding carboxylic acids is 4. The maximum atomic E-state index is 13.8. The fourth-order valence-electron chi connectivity index (χ4n) is 7.34. The molecule has 1 fully saturated rings. The maximum Gasteiger partial charge on any atom is 0.414 e. The fraction of sp³-hybridized carbons (Fsp3) is 0.286. The van der Waals surface area contributed by atoms with Gasteiger partial charge in [-0.25, -0.2) is 19.4 Å². The summed E-state index contributed by atoms with van der Waals surface area (Å²) in [6, 6.07) is 15.8. The van der Waals surface area contributed by atoms with Crippen LogP contribution in [0, 0.1) is 42.2 Å². The molecule has 0 spiro atoms. The lowest BCUT2D eigenvalue weighted by Crippen LogP contribution is -2.63. The van der Waals surface area contributed by atoms with E-state index in [1.165, 1.54) is 108 Å². The topological polar surface area (TPSA) is 303 Å². The molecule has 0 bridgehead atoms. The molecule has 0 aliphatic carbocycles. The first-order valence-corrected chi connectivity index (χ1v) is 22.0. The van der Waals surface area contributed by atoms with Gasteiger partial charge in [0.25, 0.3) is 17.1 Å². The largest absolute Gasteiger partial charge is 0.456 e. The number of hydrogen-bond acceptors (Lipinski definition) is 18. The normalized spacial score (nSPS) is 16.7. The van der Waals surface area contributed by atoms with E-state index in [0.717, 1.165) is 4.83 Å². The number of ether oxygens (including phenoxy) is 3. The number of non-ortho nitro benzene ring substituents is 3. The third-order valence-corrected chi connectivity index (χ3v) is 13.0. The van der Waals surface area contributed by atoms with E-state index in [-0.39, 0.29) is 61.0 Å². The molecule has 1 saturated heterocycles. The van der Waals surface area contributed by atoms with Crippen molar-refractivity contribution in [2.75, 3.05) is 12.3 Å². The monoisotopic (exact) mass is 957 g/mol. The highest BCUT2D eigenvalue weighted by Gasteiger charge is 2.60. The smallest absolute Gasteiger partial charge is 0.414 e. The van der Waals surface area contributed by atoms with Gasteiger partial charge in [0.1, 0.15) is 41.7 Å². The van der Waals surface area contributed by atoms with E-state index in [1.807, 2.05) is 6.92 Å². The fourth-order valence-corrected chi connectivity index (χ4v) is 9.57. The molecule has 7 rings (SSSR count). The number of aliphatic hydroxyl groups is 1. The lowest BCUT2D eigenvalue weighted by Gasteiger charge is -2.46. The number of nitro groups is 3. The zero-order valence-corrected chi connectivity index (χ0v) is 37.0. The predicted molar refractivity (Wildman–Crippen MR) is 238 cm³/mol. The Labute approximate surface area is 386 Å². The summed E-state index contributed by atoms with van der Waals surface area (Å²) in [6.45, 7) is 2.78. The van der Waals surface area contributed by atoms with Crippen LogP contribution in [0.1, 0.15) is 41.8 Å². The van der Waals surface area contributed by atoms with Gasteiger partial charge in [-0.3, -0.25) is 55.2 Å². The van der Waals surface area contributed by atoms with Crippen molar-refractivity contribution in [2.45, 2.75) is 57.3 Å². The predicted octanol–water partition coefficient (Wildman–Crippen LogP) is 6.12. The highest BCUT2D eigenvalue weighted by atomic mass is 32.2. The van der Waals surface area contributed by atoms with Crippen LogP contribution in [0.4, 0.5) is 26.7 Å². The second kappa shape index (κ2) is 20.6. The minimum Gasteiger partial charge on any atom is -0.456 e. The summed E-state index contributed by atoms with van der Waals surface area (Å²) in [7, 11) is 0. The highest BCUT2D eigenvalue weighted by molar-refractivity contribution is 7.99. The third kappa shape index (κ3) is 10.9. The molecule has 67 heavy (non-hydrogen) atoms. The first kappa shape index (κ1) is 47.2. The van der Waals surface area contributed by atoms with Crippen molar-refractivity contribution < 1.29 is 53.3 Å². The average molecular weight is 958 g/mol. The van der Waals surface area contributed by atoms with Gasteiger partial charge in [0.2, 0.25) is 11.9 Å². The number of aromatic nitrogens is 2. The molecule has 25 heteroatoms. The minimum atomic E-state index is -1.00. The van der Waals surface area contributed by atoms with Crippen molar-refractivity contribution in [3.05, 3.63) is 143 Å². The molecule has 5 aromatic rings. The maximum absolute atomic E-state index is 13.8. The number of nitrogens with zero attached hydrogens (tertiary/aromatic N) is 7. The van der Waals surface area contributed by atoms with Gasteiger partial charge in [0.05, 0.1) is 37.7 Å². The molecular formula is C42H39N9O14S2.